The highest BCUT2D eigenvalue weighted by atomic mass is 35.5. The van der Waals surface area contributed by atoms with E-state index in [0.717, 1.165) is 29.7 Å². The minimum absolute atomic E-state index is 0.00431. The number of likely N-dealkylation sites (tertiary alicyclic amines) is 1. The third-order valence-corrected chi connectivity index (χ3v) is 6.88. The van der Waals surface area contributed by atoms with Crippen LogP contribution in [-0.4, -0.2) is 44.9 Å². The molecule has 0 aliphatic carbocycles. The summed E-state index contributed by atoms with van der Waals surface area (Å²) in [5, 5.41) is 3.93. The van der Waals surface area contributed by atoms with Gasteiger partial charge in [-0.25, -0.2) is 9.97 Å². The van der Waals surface area contributed by atoms with Crippen LogP contribution in [0.15, 0.2) is 53.1 Å². The van der Waals surface area contributed by atoms with Gasteiger partial charge in [0.25, 0.3) is 11.9 Å². The van der Waals surface area contributed by atoms with E-state index in [1.807, 2.05) is 49.1 Å². The molecule has 1 aliphatic heterocycles. The van der Waals surface area contributed by atoms with Gasteiger partial charge in [-0.1, -0.05) is 36.2 Å². The average molecular weight is 490 g/mol. The predicted molar refractivity (Wildman–Crippen MR) is 138 cm³/mol. The third-order valence-electron chi connectivity index (χ3n) is 6.65. The molecule has 0 radical (unpaired) electrons. The zero-order valence-corrected chi connectivity index (χ0v) is 20.8. The molecule has 0 saturated carbocycles. The van der Waals surface area contributed by atoms with Crippen molar-refractivity contribution in [3.05, 3.63) is 70.6 Å². The summed E-state index contributed by atoms with van der Waals surface area (Å²) in [6.45, 7) is 7.30. The normalized spacial score (nSPS) is 18.1. The van der Waals surface area contributed by atoms with Crippen molar-refractivity contribution in [2.24, 2.45) is 5.92 Å². The Morgan fingerprint density at radius 1 is 1.17 bits per heavy atom. The molecule has 1 saturated heterocycles. The Morgan fingerprint density at radius 3 is 2.86 bits per heavy atom. The van der Waals surface area contributed by atoms with Crippen molar-refractivity contribution in [1.82, 2.24) is 19.9 Å². The van der Waals surface area contributed by atoms with Crippen molar-refractivity contribution < 1.29 is 9.21 Å². The number of rotatable bonds is 5. The zero-order chi connectivity index (χ0) is 24.5. The topological polar surface area (TPSA) is 84.2 Å². The molecule has 4 aromatic rings. The molecule has 5 rings (SSSR count). The summed E-state index contributed by atoms with van der Waals surface area (Å²) in [6, 6.07) is 13.6. The number of nitrogens with one attached hydrogen (secondary N) is 1. The van der Waals surface area contributed by atoms with E-state index < -0.39 is 0 Å². The van der Waals surface area contributed by atoms with Gasteiger partial charge in [0, 0.05) is 35.4 Å². The molecule has 35 heavy (non-hydrogen) atoms. The Labute approximate surface area is 209 Å². The maximum atomic E-state index is 14.0. The van der Waals surface area contributed by atoms with Crippen LogP contribution in [0, 0.1) is 19.8 Å². The second kappa shape index (κ2) is 9.66. The minimum Gasteiger partial charge on any atom is -0.424 e. The van der Waals surface area contributed by atoms with Crippen LogP contribution in [0.3, 0.4) is 0 Å². The van der Waals surface area contributed by atoms with Gasteiger partial charge >= 0.3 is 0 Å². The van der Waals surface area contributed by atoms with Gasteiger partial charge in [0.1, 0.15) is 11.3 Å². The molecule has 2 unspecified atom stereocenters. The van der Waals surface area contributed by atoms with Crippen LogP contribution in [0.5, 0.6) is 0 Å². The van der Waals surface area contributed by atoms with E-state index >= 15 is 0 Å². The molecule has 1 amide bonds. The third kappa shape index (κ3) is 4.86. The molecule has 1 fully saturated rings. The lowest BCUT2D eigenvalue weighted by atomic mass is 9.89. The number of hydrogen-bond donors (Lipinski definition) is 1. The smallest absolute Gasteiger partial charge is 0.295 e. The highest BCUT2D eigenvalue weighted by Gasteiger charge is 2.33. The molecule has 7 nitrogen and oxygen atoms in total. The van der Waals surface area contributed by atoms with Crippen LogP contribution < -0.4 is 5.32 Å². The number of benzene rings is 2. The standard InChI is InChI=1S/C27H28ClN5O2/c1-16-6-8-20(22-10-11-29-18(3)31-22)21(13-16)26(34)33-12-4-5-17(2)24(33)15-30-27-32-23-14-19(28)7-9-25(23)35-27/h6-11,13-14,17,24H,4-5,12,15H2,1-3H3,(H,30,32). The van der Waals surface area contributed by atoms with Gasteiger partial charge in [0.05, 0.1) is 11.7 Å². The van der Waals surface area contributed by atoms with Crippen molar-refractivity contribution in [2.45, 2.75) is 39.7 Å². The van der Waals surface area contributed by atoms with Crippen LogP contribution >= 0.6 is 11.6 Å². The lowest BCUT2D eigenvalue weighted by Gasteiger charge is -2.40. The van der Waals surface area contributed by atoms with Crippen LogP contribution in [0.25, 0.3) is 22.4 Å². The summed E-state index contributed by atoms with van der Waals surface area (Å²) in [7, 11) is 0. The minimum atomic E-state index is -0.00431. The van der Waals surface area contributed by atoms with Crippen LogP contribution in [0.4, 0.5) is 6.01 Å². The molecule has 0 bridgehead atoms. The van der Waals surface area contributed by atoms with Crippen LogP contribution in [0.1, 0.15) is 41.5 Å². The highest BCUT2D eigenvalue weighted by molar-refractivity contribution is 6.31. The SMILES string of the molecule is Cc1ccc(-c2ccnc(C)n2)c(C(=O)N2CCCC(C)C2CNc2nc3cc(Cl)ccc3o2)c1. The number of fused-ring (bicyclic) bond motifs is 1. The van der Waals surface area contributed by atoms with Crippen LogP contribution in [0.2, 0.25) is 5.02 Å². The first-order valence-corrected chi connectivity index (χ1v) is 12.3. The second-order valence-electron chi connectivity index (χ2n) is 9.24. The largest absolute Gasteiger partial charge is 0.424 e. The van der Waals surface area contributed by atoms with E-state index in [0.29, 0.717) is 52.5 Å². The van der Waals surface area contributed by atoms with E-state index in [-0.39, 0.29) is 11.9 Å². The first kappa shape index (κ1) is 23.3. The first-order chi connectivity index (χ1) is 16.9. The monoisotopic (exact) mass is 489 g/mol. The highest BCUT2D eigenvalue weighted by Crippen LogP contribution is 2.30. The Balaban J connectivity index is 1.42. The molecule has 180 valence electrons. The van der Waals surface area contributed by atoms with E-state index in [4.69, 9.17) is 16.0 Å². The summed E-state index contributed by atoms with van der Waals surface area (Å²) in [6.07, 6.45) is 3.76. The molecule has 2 atom stereocenters. The first-order valence-electron chi connectivity index (χ1n) is 11.9. The number of nitrogens with zero attached hydrogens (tertiary/aromatic N) is 4. The molecular weight excluding hydrogens is 462 g/mol. The van der Waals surface area contributed by atoms with Crippen molar-refractivity contribution in [3.8, 4) is 11.3 Å². The molecule has 1 aliphatic rings. The van der Waals surface area contributed by atoms with E-state index in [1.165, 1.54) is 0 Å². The molecule has 0 spiro atoms. The van der Waals surface area contributed by atoms with Crippen molar-refractivity contribution in [3.63, 3.8) is 0 Å². The molecule has 2 aromatic carbocycles. The van der Waals surface area contributed by atoms with E-state index in [1.54, 1.807) is 18.3 Å². The zero-order valence-electron chi connectivity index (χ0n) is 20.1. The fourth-order valence-electron chi connectivity index (χ4n) is 4.80. The molecule has 2 aromatic heterocycles. The average Bonchev–Trinajstić information content (AvgIpc) is 3.24. The summed E-state index contributed by atoms with van der Waals surface area (Å²) < 4.78 is 5.84. The Hall–Kier alpha value is -3.45. The van der Waals surface area contributed by atoms with Gasteiger partial charge in [-0.05, 0) is 62.9 Å². The van der Waals surface area contributed by atoms with Gasteiger partial charge in [-0.3, -0.25) is 4.79 Å². The van der Waals surface area contributed by atoms with E-state index in [9.17, 15) is 4.79 Å². The number of halogens is 1. The van der Waals surface area contributed by atoms with Crippen molar-refractivity contribution in [1.29, 1.82) is 0 Å². The van der Waals surface area contributed by atoms with Gasteiger partial charge in [0.15, 0.2) is 5.58 Å². The van der Waals surface area contributed by atoms with Gasteiger partial charge < -0.3 is 14.6 Å². The van der Waals surface area contributed by atoms with E-state index in [2.05, 4.69) is 27.2 Å². The number of amides is 1. The summed E-state index contributed by atoms with van der Waals surface area (Å²) >= 11 is 6.08. The molecule has 1 N–H and O–H groups in total. The van der Waals surface area contributed by atoms with Gasteiger partial charge in [0.2, 0.25) is 0 Å². The fraction of sp³-hybridized carbons (Fsp3) is 0.333. The lowest BCUT2D eigenvalue weighted by Crippen LogP contribution is -2.51. The summed E-state index contributed by atoms with van der Waals surface area (Å²) in [4.78, 5) is 29.3. The number of carbonyl (C=O) groups is 1. The maximum absolute atomic E-state index is 14.0. The number of oxazole rings is 1. The number of carbonyl (C=O) groups excluding carboxylic acids is 1. The Kier molecular flexibility index (Phi) is 6.43. The van der Waals surface area contributed by atoms with Crippen molar-refractivity contribution >= 4 is 34.6 Å². The van der Waals surface area contributed by atoms with Gasteiger partial charge in [-0.15, -0.1) is 0 Å². The molecule has 8 heteroatoms. The maximum Gasteiger partial charge on any atom is 0.295 e. The summed E-state index contributed by atoms with van der Waals surface area (Å²) in [5.41, 5.74) is 4.66. The van der Waals surface area contributed by atoms with Crippen molar-refractivity contribution in [2.75, 3.05) is 18.4 Å². The number of hydrogen-bond acceptors (Lipinski definition) is 6. The number of piperidine rings is 1. The fourth-order valence-corrected chi connectivity index (χ4v) is 4.97. The second-order valence-corrected chi connectivity index (χ2v) is 9.67. The molecular formula is C27H28ClN5O2. The summed E-state index contributed by atoms with van der Waals surface area (Å²) in [5.74, 6) is 1.02. The predicted octanol–water partition coefficient (Wildman–Crippen LogP) is 5.91. The lowest BCUT2D eigenvalue weighted by molar-refractivity contribution is 0.0540. The van der Waals surface area contributed by atoms with Crippen LogP contribution in [-0.2, 0) is 0 Å². The van der Waals surface area contributed by atoms with Gasteiger partial charge in [-0.2, -0.15) is 4.98 Å². The number of anilines is 1. The quantitative estimate of drug-likeness (QED) is 0.375. The molecule has 3 heterocycles. The Morgan fingerprint density at radius 2 is 2.03 bits per heavy atom. The number of aromatic nitrogens is 3. The number of aryl methyl sites for hydroxylation is 2. The Bertz CT molecular complexity index is 1390.